The van der Waals surface area contributed by atoms with Crippen LogP contribution in [0.2, 0.25) is 0 Å². The fraction of sp³-hybridized carbons (Fsp3) is 0.735. The highest BCUT2D eigenvalue weighted by molar-refractivity contribution is 7.47. The van der Waals surface area contributed by atoms with Crippen molar-refractivity contribution >= 4 is 31.5 Å². The maximum absolute atomic E-state index is 12.7. The van der Waals surface area contributed by atoms with Crippen molar-refractivity contribution in [3.63, 3.8) is 0 Å². The quantitative estimate of drug-likeness (QED) is 0.0150. The van der Waals surface area contributed by atoms with Crippen molar-refractivity contribution in [1.29, 1.82) is 0 Å². The minimum absolute atomic E-state index is 0.0446. The molecule has 0 aromatic heterocycles. The predicted molar refractivity (Wildman–Crippen MR) is 335 cm³/mol. The first-order valence-electron chi connectivity index (χ1n) is 32.0. The topological polar surface area (TPSA) is 155 Å². The Bertz CT molecular complexity index is 1890. The molecule has 1 aliphatic rings. The maximum Gasteiger partial charge on any atom is 0.472 e. The Kier molecular flexibility index (Phi) is 49.8. The molecule has 0 fully saturated rings. The van der Waals surface area contributed by atoms with Crippen LogP contribution in [-0.2, 0) is 42.3 Å². The molecule has 460 valence electrons. The number of hydrogen-bond acceptors (Lipinski definition) is 9. The lowest BCUT2D eigenvalue weighted by Crippen LogP contribution is -2.30. The summed E-state index contributed by atoms with van der Waals surface area (Å²) in [5, 5.41) is 2.55. The third kappa shape index (κ3) is 48.0. The van der Waals surface area contributed by atoms with Gasteiger partial charge in [0.2, 0.25) is 5.91 Å². The van der Waals surface area contributed by atoms with E-state index in [1.165, 1.54) is 126 Å². The zero-order chi connectivity index (χ0) is 59.4. The van der Waals surface area contributed by atoms with Crippen LogP contribution in [0.25, 0.3) is 0 Å². The lowest BCUT2D eigenvalue weighted by atomic mass is 9.72. The van der Waals surface area contributed by atoms with Crippen LogP contribution in [-0.4, -0.2) is 61.0 Å². The van der Waals surface area contributed by atoms with Gasteiger partial charge in [0.1, 0.15) is 6.61 Å². The Morgan fingerprint density at radius 1 is 0.625 bits per heavy atom. The van der Waals surface area contributed by atoms with E-state index in [2.05, 4.69) is 96.3 Å². The summed E-state index contributed by atoms with van der Waals surface area (Å²) in [5.41, 5.74) is 5.55. The van der Waals surface area contributed by atoms with Gasteiger partial charge in [0, 0.05) is 32.2 Å². The Labute approximate surface area is 489 Å². The molecular formula is C68H118NO10P. The molecule has 1 rings (SSSR count). The van der Waals surface area contributed by atoms with Crippen molar-refractivity contribution in [3.8, 4) is 0 Å². The number of phosphoric ester groups is 1. The van der Waals surface area contributed by atoms with Crippen molar-refractivity contribution in [3.05, 3.63) is 83.1 Å². The molecule has 0 saturated heterocycles. The molecule has 0 aliphatic heterocycles. The standard InChI is InChI=1S/C44H82NO9P.C24H36O/c1-4-7-9-11-13-15-17-19-21-23-25-27-29-31-33-35-43(47)51-39-41(40-53-55(49,50)52-38-37-45-42(46)6-3)54-44(48)36-34-32-30-28-26-24-22-20-18-16-14-12-10-8-5-2;1-7-8-14-22(25)18-20(3)12-9-11-19(2)15-16-23-21(4)13-10-17-24(23,5)6/h19-22,41H,4-18,23-40H2,1-3H3,(H,45,46)(H,49,50);9,11-12,15-16,18H,7-8,10,13-14,17H2,1-6H3/b21-19-,22-20-;12-9+,16-15+,19-11+,20-18+/t41-;/m1./s1. The molecule has 0 bridgehead atoms. The monoisotopic (exact) mass is 1140 g/mol. The van der Waals surface area contributed by atoms with E-state index in [0.717, 1.165) is 82.6 Å². The van der Waals surface area contributed by atoms with Crippen LogP contribution < -0.4 is 5.32 Å². The fourth-order valence-corrected chi connectivity index (χ4v) is 10.1. The minimum Gasteiger partial charge on any atom is -0.462 e. The van der Waals surface area contributed by atoms with E-state index in [4.69, 9.17) is 18.5 Å². The summed E-state index contributed by atoms with van der Waals surface area (Å²) in [6, 6.07) is 0. The van der Waals surface area contributed by atoms with Crippen LogP contribution in [0, 0.1) is 5.41 Å². The maximum atomic E-state index is 12.7. The van der Waals surface area contributed by atoms with Gasteiger partial charge in [-0.3, -0.25) is 28.2 Å². The molecule has 0 radical (unpaired) electrons. The number of esters is 2. The summed E-state index contributed by atoms with van der Waals surface area (Å²) in [4.78, 5) is 58.3. The fourth-order valence-electron chi connectivity index (χ4n) is 9.35. The highest BCUT2D eigenvalue weighted by Gasteiger charge is 2.27. The molecule has 2 N–H and O–H groups in total. The number of allylic oxidation sites excluding steroid dienone is 14. The van der Waals surface area contributed by atoms with Crippen molar-refractivity contribution < 1.29 is 47.2 Å². The molecule has 0 heterocycles. The van der Waals surface area contributed by atoms with Gasteiger partial charge in [0.15, 0.2) is 11.9 Å². The van der Waals surface area contributed by atoms with E-state index in [-0.39, 0.29) is 56.1 Å². The van der Waals surface area contributed by atoms with Crippen LogP contribution >= 0.6 is 7.82 Å². The van der Waals surface area contributed by atoms with E-state index in [0.29, 0.717) is 19.3 Å². The van der Waals surface area contributed by atoms with Gasteiger partial charge in [-0.05, 0) is 133 Å². The number of ether oxygens (including phenoxy) is 2. The number of carbonyl (C=O) groups excluding carboxylic acids is 4. The largest absolute Gasteiger partial charge is 0.472 e. The SMILES string of the molecule is CCCCC(=O)/C=C(C)/C=C/C=C(C)/C=C/C1=C(C)CCCC1(C)C.CCCCCCCC/C=C\CCCCCCCC(=O)OC[C@H](COP(=O)(O)OCCNC(=O)CC)OC(=O)CCCCCCC/C=C\CCCCCCCC. The number of ketones is 1. The van der Waals surface area contributed by atoms with Gasteiger partial charge < -0.3 is 19.7 Å². The van der Waals surface area contributed by atoms with Gasteiger partial charge in [-0.2, -0.15) is 0 Å². The normalized spacial score (nSPS) is 15.2. The van der Waals surface area contributed by atoms with Crippen molar-refractivity contribution in [2.45, 2.75) is 293 Å². The summed E-state index contributed by atoms with van der Waals surface area (Å²) in [6.45, 7) is 18.4. The Balaban J connectivity index is 0.00000207. The average molecular weight is 1140 g/mol. The van der Waals surface area contributed by atoms with Crippen LogP contribution in [0.5, 0.6) is 0 Å². The number of unbranched alkanes of at least 4 members (excludes halogenated alkanes) is 23. The van der Waals surface area contributed by atoms with Gasteiger partial charge in [-0.25, -0.2) is 4.57 Å². The molecular weight excluding hydrogens is 1020 g/mol. The second-order valence-corrected chi connectivity index (χ2v) is 24.2. The minimum atomic E-state index is -4.50. The molecule has 0 aromatic carbocycles. The lowest BCUT2D eigenvalue weighted by Gasteiger charge is -2.32. The van der Waals surface area contributed by atoms with Gasteiger partial charge >= 0.3 is 19.8 Å². The second-order valence-electron chi connectivity index (χ2n) is 22.8. The van der Waals surface area contributed by atoms with E-state index < -0.39 is 32.5 Å². The average Bonchev–Trinajstić information content (AvgIpc) is 3.42. The van der Waals surface area contributed by atoms with Crippen LogP contribution in [0.4, 0.5) is 0 Å². The number of rotatable bonds is 49. The molecule has 1 aliphatic carbocycles. The molecule has 1 amide bonds. The van der Waals surface area contributed by atoms with Gasteiger partial charge in [-0.15, -0.1) is 0 Å². The molecule has 2 atom stereocenters. The lowest BCUT2D eigenvalue weighted by molar-refractivity contribution is -0.161. The van der Waals surface area contributed by atoms with Crippen LogP contribution in [0.15, 0.2) is 83.1 Å². The summed E-state index contributed by atoms with van der Waals surface area (Å²) in [6.07, 6.45) is 58.0. The smallest absolute Gasteiger partial charge is 0.462 e. The zero-order valence-corrected chi connectivity index (χ0v) is 53.4. The summed E-state index contributed by atoms with van der Waals surface area (Å²) < 4.78 is 33.3. The predicted octanol–water partition coefficient (Wildman–Crippen LogP) is 19.5. The van der Waals surface area contributed by atoms with Crippen molar-refractivity contribution in [1.82, 2.24) is 5.32 Å². The molecule has 80 heavy (non-hydrogen) atoms. The van der Waals surface area contributed by atoms with Gasteiger partial charge in [0.05, 0.1) is 13.2 Å². The summed E-state index contributed by atoms with van der Waals surface area (Å²) >= 11 is 0. The first-order valence-corrected chi connectivity index (χ1v) is 33.5. The number of phosphoric acid groups is 1. The van der Waals surface area contributed by atoms with E-state index >= 15 is 0 Å². The van der Waals surface area contributed by atoms with E-state index in [1.807, 2.05) is 19.1 Å². The second kappa shape index (κ2) is 52.2. The third-order valence-electron chi connectivity index (χ3n) is 14.4. The Morgan fingerprint density at radius 3 is 1.64 bits per heavy atom. The van der Waals surface area contributed by atoms with Gasteiger partial charge in [0.25, 0.3) is 0 Å². The van der Waals surface area contributed by atoms with E-state index in [1.54, 1.807) is 13.0 Å². The molecule has 1 unspecified atom stereocenters. The summed E-state index contributed by atoms with van der Waals surface area (Å²) in [7, 11) is -4.50. The number of amides is 1. The highest BCUT2D eigenvalue weighted by atomic mass is 31.2. The molecule has 11 nitrogen and oxygen atoms in total. The molecule has 0 saturated carbocycles. The Morgan fingerprint density at radius 2 is 1.12 bits per heavy atom. The Hall–Kier alpha value is -3.63. The van der Waals surface area contributed by atoms with Crippen LogP contribution in [0.3, 0.4) is 0 Å². The summed E-state index contributed by atoms with van der Waals surface area (Å²) in [5.74, 6) is -0.868. The van der Waals surface area contributed by atoms with Crippen molar-refractivity contribution in [2.24, 2.45) is 5.41 Å². The number of nitrogens with one attached hydrogen (secondary N) is 1. The zero-order valence-electron chi connectivity index (χ0n) is 52.5. The number of hydrogen-bond donors (Lipinski definition) is 2. The molecule has 0 spiro atoms. The molecule has 12 heteroatoms. The van der Waals surface area contributed by atoms with E-state index in [9.17, 15) is 28.6 Å². The first kappa shape index (κ1) is 76.4. The van der Waals surface area contributed by atoms with Gasteiger partial charge in [-0.1, -0.05) is 217 Å². The third-order valence-corrected chi connectivity index (χ3v) is 15.4. The first-order chi connectivity index (χ1) is 38.5. The highest BCUT2D eigenvalue weighted by Crippen LogP contribution is 2.43. The van der Waals surface area contributed by atoms with Crippen LogP contribution in [0.1, 0.15) is 287 Å². The number of carbonyl (C=O) groups is 4. The van der Waals surface area contributed by atoms with Crippen molar-refractivity contribution in [2.75, 3.05) is 26.4 Å². The molecule has 0 aromatic rings.